The lowest BCUT2D eigenvalue weighted by molar-refractivity contribution is 0.321. The largest absolute Gasteiger partial charge is 0.497 e. The van der Waals surface area contributed by atoms with Crippen LogP contribution in [-0.2, 0) is 6.54 Å². The van der Waals surface area contributed by atoms with E-state index in [0.717, 1.165) is 35.3 Å². The van der Waals surface area contributed by atoms with E-state index in [9.17, 15) is 0 Å². The fourth-order valence-electron chi connectivity index (χ4n) is 2.69. The van der Waals surface area contributed by atoms with Crippen LogP contribution in [0.3, 0.4) is 0 Å². The maximum Gasteiger partial charge on any atom is 0.191 e. The Hall–Kier alpha value is -3.48. The van der Waals surface area contributed by atoms with Crippen LogP contribution in [0.5, 0.6) is 11.5 Å². The van der Waals surface area contributed by atoms with Gasteiger partial charge in [0.05, 0.1) is 32.1 Å². The molecule has 152 valence electrons. The first-order valence-corrected chi connectivity index (χ1v) is 9.66. The van der Waals surface area contributed by atoms with Gasteiger partial charge in [-0.3, -0.25) is 0 Å². The van der Waals surface area contributed by atoms with E-state index in [-0.39, 0.29) is 0 Å². The number of para-hydroxylation sites is 1. The standard InChI is InChI=1S/C22H27N5O2/c1-3-23-22(24-13-14-29-21-11-9-20(28-2)10-12-21)25-15-18-16-26-27(17-18)19-7-5-4-6-8-19/h4-12,16-17H,3,13-15H2,1-2H3,(H2,23,24,25). The number of benzene rings is 2. The average Bonchev–Trinajstić information content (AvgIpc) is 3.25. The second kappa shape index (κ2) is 10.8. The molecule has 1 heterocycles. The monoisotopic (exact) mass is 393 g/mol. The fraction of sp³-hybridized carbons (Fsp3) is 0.273. The van der Waals surface area contributed by atoms with Crippen LogP contribution in [0.4, 0.5) is 0 Å². The minimum Gasteiger partial charge on any atom is -0.497 e. The highest BCUT2D eigenvalue weighted by Gasteiger charge is 2.02. The minimum absolute atomic E-state index is 0.530. The number of aromatic nitrogens is 2. The quantitative estimate of drug-likeness (QED) is 0.332. The number of hydrogen-bond donors (Lipinski definition) is 2. The van der Waals surface area contributed by atoms with Gasteiger partial charge in [-0.15, -0.1) is 0 Å². The van der Waals surface area contributed by atoms with E-state index >= 15 is 0 Å². The number of nitrogens with one attached hydrogen (secondary N) is 2. The molecule has 7 nitrogen and oxygen atoms in total. The molecule has 0 aliphatic rings. The zero-order valence-corrected chi connectivity index (χ0v) is 16.8. The van der Waals surface area contributed by atoms with Crippen molar-refractivity contribution in [3.8, 4) is 17.2 Å². The first-order valence-electron chi connectivity index (χ1n) is 9.66. The molecule has 3 aromatic rings. The smallest absolute Gasteiger partial charge is 0.191 e. The van der Waals surface area contributed by atoms with E-state index in [1.54, 1.807) is 7.11 Å². The predicted octanol–water partition coefficient (Wildman–Crippen LogP) is 3.02. The van der Waals surface area contributed by atoms with Gasteiger partial charge in [-0.25, -0.2) is 9.67 Å². The van der Waals surface area contributed by atoms with Crippen molar-refractivity contribution < 1.29 is 9.47 Å². The lowest BCUT2D eigenvalue weighted by Crippen LogP contribution is -2.39. The maximum atomic E-state index is 5.73. The van der Waals surface area contributed by atoms with Crippen LogP contribution in [0.25, 0.3) is 5.69 Å². The average molecular weight is 393 g/mol. The van der Waals surface area contributed by atoms with E-state index < -0.39 is 0 Å². The second-order valence-electron chi connectivity index (χ2n) is 6.27. The highest BCUT2D eigenvalue weighted by atomic mass is 16.5. The van der Waals surface area contributed by atoms with Crippen LogP contribution in [0, 0.1) is 0 Å². The lowest BCUT2D eigenvalue weighted by atomic mass is 10.3. The van der Waals surface area contributed by atoms with Crippen LogP contribution < -0.4 is 20.1 Å². The molecule has 1 aromatic heterocycles. The van der Waals surface area contributed by atoms with Gasteiger partial charge >= 0.3 is 0 Å². The first kappa shape index (κ1) is 20.3. The molecule has 2 aromatic carbocycles. The molecule has 0 saturated heterocycles. The lowest BCUT2D eigenvalue weighted by Gasteiger charge is -2.12. The molecule has 0 unspecified atom stereocenters. The third kappa shape index (κ3) is 6.27. The second-order valence-corrected chi connectivity index (χ2v) is 6.27. The van der Waals surface area contributed by atoms with Crippen LogP contribution >= 0.6 is 0 Å². The zero-order chi connectivity index (χ0) is 20.3. The van der Waals surface area contributed by atoms with Gasteiger partial charge in [-0.05, 0) is 43.3 Å². The Bertz CT molecular complexity index is 891. The number of nitrogens with zero attached hydrogens (tertiary/aromatic N) is 3. The van der Waals surface area contributed by atoms with E-state index in [1.807, 2.05) is 78.6 Å². The van der Waals surface area contributed by atoms with Crippen molar-refractivity contribution >= 4 is 5.96 Å². The summed E-state index contributed by atoms with van der Waals surface area (Å²) in [5, 5.41) is 10.9. The molecule has 0 fully saturated rings. The third-order valence-corrected chi connectivity index (χ3v) is 4.14. The molecule has 0 saturated carbocycles. The van der Waals surface area contributed by atoms with Crippen molar-refractivity contribution in [2.45, 2.75) is 13.5 Å². The van der Waals surface area contributed by atoms with Crippen molar-refractivity contribution in [1.82, 2.24) is 20.4 Å². The van der Waals surface area contributed by atoms with Gasteiger partial charge in [0.1, 0.15) is 18.1 Å². The van der Waals surface area contributed by atoms with Crippen molar-refractivity contribution in [2.75, 3.05) is 26.8 Å². The van der Waals surface area contributed by atoms with Crippen molar-refractivity contribution in [1.29, 1.82) is 0 Å². The van der Waals surface area contributed by atoms with Crippen molar-refractivity contribution in [2.24, 2.45) is 4.99 Å². The number of guanidine groups is 1. The zero-order valence-electron chi connectivity index (χ0n) is 16.8. The van der Waals surface area contributed by atoms with Gasteiger partial charge in [0.15, 0.2) is 5.96 Å². The molecule has 0 aliphatic carbocycles. The van der Waals surface area contributed by atoms with Gasteiger partial charge in [-0.1, -0.05) is 18.2 Å². The molecule has 3 rings (SSSR count). The number of methoxy groups -OCH3 is 1. The molecular formula is C22H27N5O2. The molecule has 29 heavy (non-hydrogen) atoms. The Labute approximate surface area is 171 Å². The Morgan fingerprint density at radius 2 is 1.79 bits per heavy atom. The summed E-state index contributed by atoms with van der Waals surface area (Å²) in [6.07, 6.45) is 3.84. The van der Waals surface area contributed by atoms with Gasteiger partial charge in [0, 0.05) is 18.3 Å². The Balaban J connectivity index is 1.48. The van der Waals surface area contributed by atoms with Crippen LogP contribution in [-0.4, -0.2) is 42.5 Å². The third-order valence-electron chi connectivity index (χ3n) is 4.14. The van der Waals surface area contributed by atoms with E-state index in [2.05, 4.69) is 20.7 Å². The van der Waals surface area contributed by atoms with Crippen LogP contribution in [0.1, 0.15) is 12.5 Å². The molecule has 0 spiro atoms. The van der Waals surface area contributed by atoms with Gasteiger partial charge in [-0.2, -0.15) is 5.10 Å². The Morgan fingerprint density at radius 1 is 1.03 bits per heavy atom. The van der Waals surface area contributed by atoms with Crippen LogP contribution in [0.2, 0.25) is 0 Å². The summed E-state index contributed by atoms with van der Waals surface area (Å²) in [5.41, 5.74) is 2.07. The van der Waals surface area contributed by atoms with E-state index in [4.69, 9.17) is 9.47 Å². The maximum absolute atomic E-state index is 5.73. The van der Waals surface area contributed by atoms with Gasteiger partial charge in [0.2, 0.25) is 0 Å². The minimum atomic E-state index is 0.530. The highest BCUT2D eigenvalue weighted by molar-refractivity contribution is 5.79. The Morgan fingerprint density at radius 3 is 2.52 bits per heavy atom. The molecule has 0 bridgehead atoms. The summed E-state index contributed by atoms with van der Waals surface area (Å²) in [6, 6.07) is 17.6. The summed E-state index contributed by atoms with van der Waals surface area (Å²) in [5.74, 6) is 2.37. The molecule has 7 heteroatoms. The molecular weight excluding hydrogens is 366 g/mol. The molecule has 2 N–H and O–H groups in total. The summed E-state index contributed by atoms with van der Waals surface area (Å²) >= 11 is 0. The number of ether oxygens (including phenoxy) is 2. The number of aliphatic imine (C=N–C) groups is 1. The number of hydrogen-bond acceptors (Lipinski definition) is 4. The summed E-state index contributed by atoms with van der Waals surface area (Å²) in [7, 11) is 1.65. The van der Waals surface area contributed by atoms with Crippen molar-refractivity contribution in [3.05, 3.63) is 72.6 Å². The van der Waals surface area contributed by atoms with Crippen LogP contribution in [0.15, 0.2) is 72.0 Å². The molecule has 0 atom stereocenters. The SMILES string of the molecule is CCNC(=NCc1cnn(-c2ccccc2)c1)NCCOc1ccc(OC)cc1. The molecule has 0 amide bonds. The van der Waals surface area contributed by atoms with Crippen molar-refractivity contribution in [3.63, 3.8) is 0 Å². The normalized spacial score (nSPS) is 11.2. The topological polar surface area (TPSA) is 72.7 Å². The van der Waals surface area contributed by atoms with E-state index in [1.165, 1.54) is 0 Å². The molecule has 0 radical (unpaired) electrons. The number of rotatable bonds is 9. The Kier molecular flexibility index (Phi) is 7.51. The fourth-order valence-corrected chi connectivity index (χ4v) is 2.69. The summed E-state index contributed by atoms with van der Waals surface area (Å²) in [4.78, 5) is 4.63. The van der Waals surface area contributed by atoms with Gasteiger partial charge in [0.25, 0.3) is 0 Å². The summed E-state index contributed by atoms with van der Waals surface area (Å²) < 4.78 is 12.7. The van der Waals surface area contributed by atoms with E-state index in [0.29, 0.717) is 19.7 Å². The van der Waals surface area contributed by atoms with Gasteiger partial charge < -0.3 is 20.1 Å². The molecule has 0 aliphatic heterocycles. The summed E-state index contributed by atoms with van der Waals surface area (Å²) in [6.45, 7) is 4.54. The first-order chi connectivity index (χ1) is 14.3. The predicted molar refractivity (Wildman–Crippen MR) is 115 cm³/mol. The highest BCUT2D eigenvalue weighted by Crippen LogP contribution is 2.16.